The van der Waals surface area contributed by atoms with Crippen molar-refractivity contribution < 1.29 is 4.79 Å². The zero-order valence-electron chi connectivity index (χ0n) is 10.2. The van der Waals surface area contributed by atoms with Gasteiger partial charge in [-0.05, 0) is 39.0 Å². The highest BCUT2D eigenvalue weighted by Crippen LogP contribution is 2.33. The fourth-order valence-electron chi connectivity index (χ4n) is 1.96. The molecule has 3 nitrogen and oxygen atoms in total. The number of nitrogens with zero attached hydrogens (tertiary/aromatic N) is 1. The van der Waals surface area contributed by atoms with Crippen LogP contribution in [0.5, 0.6) is 0 Å². The van der Waals surface area contributed by atoms with Crippen LogP contribution in [-0.4, -0.2) is 29.4 Å². The molecule has 2 unspecified atom stereocenters. The van der Waals surface area contributed by atoms with E-state index in [2.05, 4.69) is 13.8 Å². The van der Waals surface area contributed by atoms with Crippen molar-refractivity contribution in [3.8, 4) is 0 Å². The van der Waals surface area contributed by atoms with E-state index in [-0.39, 0.29) is 11.9 Å². The number of rotatable bonds is 6. The number of hydrogen-bond acceptors (Lipinski definition) is 2. The second-order valence-corrected chi connectivity index (χ2v) is 4.64. The molecule has 0 spiro atoms. The second kappa shape index (κ2) is 5.50. The molecule has 0 aromatic carbocycles. The average Bonchev–Trinajstić information content (AvgIpc) is 3.01. The van der Waals surface area contributed by atoms with E-state index in [9.17, 15) is 4.79 Å². The normalized spacial score (nSPS) is 19.7. The molecular weight excluding hydrogens is 188 g/mol. The largest absolute Gasteiger partial charge is 0.340 e. The summed E-state index contributed by atoms with van der Waals surface area (Å²) in [6, 6.07) is 0.435. The maximum absolute atomic E-state index is 12.0. The minimum atomic E-state index is 0.0932. The summed E-state index contributed by atoms with van der Waals surface area (Å²) < 4.78 is 0. The van der Waals surface area contributed by atoms with Crippen molar-refractivity contribution in [3.63, 3.8) is 0 Å². The zero-order chi connectivity index (χ0) is 11.4. The maximum Gasteiger partial charge on any atom is 0.224 e. The lowest BCUT2D eigenvalue weighted by Gasteiger charge is -2.28. The number of amides is 1. The van der Waals surface area contributed by atoms with Crippen LogP contribution in [0.4, 0.5) is 0 Å². The molecule has 2 atom stereocenters. The van der Waals surface area contributed by atoms with Crippen molar-refractivity contribution >= 4 is 5.91 Å². The van der Waals surface area contributed by atoms with Crippen LogP contribution in [0.1, 0.15) is 46.5 Å². The first-order chi connectivity index (χ1) is 7.10. The van der Waals surface area contributed by atoms with Gasteiger partial charge in [0.15, 0.2) is 0 Å². The number of hydrogen-bond donors (Lipinski definition) is 1. The Labute approximate surface area is 93.0 Å². The molecule has 1 amide bonds. The van der Waals surface area contributed by atoms with E-state index in [0.29, 0.717) is 18.4 Å². The molecule has 0 aliphatic heterocycles. The average molecular weight is 212 g/mol. The molecule has 0 bridgehead atoms. The summed E-state index contributed by atoms with van der Waals surface area (Å²) >= 11 is 0. The number of carbonyl (C=O) groups is 1. The molecule has 1 aliphatic rings. The van der Waals surface area contributed by atoms with E-state index < -0.39 is 0 Å². The highest BCUT2D eigenvalue weighted by Gasteiger charge is 2.31. The van der Waals surface area contributed by atoms with Gasteiger partial charge in [-0.2, -0.15) is 0 Å². The summed E-state index contributed by atoms with van der Waals surface area (Å²) in [6.07, 6.45) is 3.97. The molecule has 1 aliphatic carbocycles. The number of nitrogens with two attached hydrogens (primary N) is 1. The van der Waals surface area contributed by atoms with Crippen molar-refractivity contribution in [2.45, 2.75) is 58.5 Å². The standard InChI is InChI=1S/C12H24N2O/c1-4-9(3)14(5-2)12(15)8-11(13)10-6-7-10/h9-11H,4-8,13H2,1-3H3. The molecule has 0 saturated heterocycles. The van der Waals surface area contributed by atoms with E-state index in [0.717, 1.165) is 13.0 Å². The first kappa shape index (κ1) is 12.5. The van der Waals surface area contributed by atoms with Gasteiger partial charge in [0, 0.05) is 25.0 Å². The lowest BCUT2D eigenvalue weighted by molar-refractivity contribution is -0.133. The van der Waals surface area contributed by atoms with Crippen LogP contribution in [0.25, 0.3) is 0 Å². The SMILES string of the molecule is CCC(C)N(CC)C(=O)CC(N)C1CC1. The van der Waals surface area contributed by atoms with Gasteiger partial charge in [0.25, 0.3) is 0 Å². The Kier molecular flexibility index (Phi) is 4.58. The fourth-order valence-corrected chi connectivity index (χ4v) is 1.96. The van der Waals surface area contributed by atoms with Gasteiger partial charge in [0.1, 0.15) is 0 Å². The molecule has 0 aromatic heterocycles. The molecule has 0 radical (unpaired) electrons. The summed E-state index contributed by atoms with van der Waals surface area (Å²) in [6.45, 7) is 7.05. The lowest BCUT2D eigenvalue weighted by Crippen LogP contribution is -2.41. The first-order valence-corrected chi connectivity index (χ1v) is 6.15. The Bertz CT molecular complexity index is 214. The summed E-state index contributed by atoms with van der Waals surface area (Å²) in [5, 5.41) is 0. The van der Waals surface area contributed by atoms with Crippen LogP contribution in [0, 0.1) is 5.92 Å². The molecule has 3 heteroatoms. The van der Waals surface area contributed by atoms with Crippen LogP contribution < -0.4 is 5.73 Å². The van der Waals surface area contributed by atoms with E-state index in [4.69, 9.17) is 5.73 Å². The fraction of sp³-hybridized carbons (Fsp3) is 0.917. The smallest absolute Gasteiger partial charge is 0.224 e. The molecule has 1 rings (SSSR count). The Morgan fingerprint density at radius 2 is 2.07 bits per heavy atom. The zero-order valence-corrected chi connectivity index (χ0v) is 10.2. The van der Waals surface area contributed by atoms with E-state index >= 15 is 0 Å². The van der Waals surface area contributed by atoms with Crippen molar-refractivity contribution in [3.05, 3.63) is 0 Å². The molecular formula is C12H24N2O. The van der Waals surface area contributed by atoms with Gasteiger partial charge < -0.3 is 10.6 Å². The Hall–Kier alpha value is -0.570. The minimum Gasteiger partial charge on any atom is -0.340 e. The molecule has 0 heterocycles. The van der Waals surface area contributed by atoms with Crippen molar-refractivity contribution in [1.82, 2.24) is 4.90 Å². The molecule has 0 aromatic rings. The van der Waals surface area contributed by atoms with Crippen molar-refractivity contribution in [2.75, 3.05) is 6.54 Å². The van der Waals surface area contributed by atoms with Gasteiger partial charge in [0.05, 0.1) is 0 Å². The summed E-state index contributed by atoms with van der Waals surface area (Å²) in [5.41, 5.74) is 5.97. The summed E-state index contributed by atoms with van der Waals surface area (Å²) in [7, 11) is 0. The Morgan fingerprint density at radius 3 is 2.47 bits per heavy atom. The van der Waals surface area contributed by atoms with Gasteiger partial charge in [0.2, 0.25) is 5.91 Å². The summed E-state index contributed by atoms with van der Waals surface area (Å²) in [5.74, 6) is 0.843. The van der Waals surface area contributed by atoms with Gasteiger partial charge in [-0.15, -0.1) is 0 Å². The highest BCUT2D eigenvalue weighted by atomic mass is 16.2. The molecule has 88 valence electrons. The lowest BCUT2D eigenvalue weighted by atomic mass is 10.1. The molecule has 1 saturated carbocycles. The van der Waals surface area contributed by atoms with Crippen LogP contribution in [0.3, 0.4) is 0 Å². The van der Waals surface area contributed by atoms with Crippen molar-refractivity contribution in [2.24, 2.45) is 11.7 Å². The predicted molar refractivity (Wildman–Crippen MR) is 62.5 cm³/mol. The molecule has 15 heavy (non-hydrogen) atoms. The number of carbonyl (C=O) groups excluding carboxylic acids is 1. The van der Waals surface area contributed by atoms with Crippen LogP contribution in [-0.2, 0) is 4.79 Å². The van der Waals surface area contributed by atoms with Gasteiger partial charge in [-0.1, -0.05) is 6.92 Å². The monoisotopic (exact) mass is 212 g/mol. The quantitative estimate of drug-likeness (QED) is 0.729. The van der Waals surface area contributed by atoms with E-state index in [1.165, 1.54) is 12.8 Å². The van der Waals surface area contributed by atoms with Gasteiger partial charge in [-0.3, -0.25) is 4.79 Å². The van der Waals surface area contributed by atoms with Gasteiger partial charge >= 0.3 is 0 Å². The molecule has 1 fully saturated rings. The predicted octanol–water partition coefficient (Wildman–Crippen LogP) is 1.76. The second-order valence-electron chi connectivity index (χ2n) is 4.64. The van der Waals surface area contributed by atoms with Crippen LogP contribution >= 0.6 is 0 Å². The van der Waals surface area contributed by atoms with E-state index in [1.807, 2.05) is 11.8 Å². The Balaban J connectivity index is 2.41. The van der Waals surface area contributed by atoms with Gasteiger partial charge in [-0.25, -0.2) is 0 Å². The minimum absolute atomic E-state index is 0.0932. The van der Waals surface area contributed by atoms with E-state index in [1.54, 1.807) is 0 Å². The molecule has 2 N–H and O–H groups in total. The topological polar surface area (TPSA) is 46.3 Å². The van der Waals surface area contributed by atoms with Crippen molar-refractivity contribution in [1.29, 1.82) is 0 Å². The summed E-state index contributed by atoms with van der Waals surface area (Å²) in [4.78, 5) is 13.9. The third-order valence-corrected chi connectivity index (χ3v) is 3.42. The highest BCUT2D eigenvalue weighted by molar-refractivity contribution is 5.77. The first-order valence-electron chi connectivity index (χ1n) is 6.15. The third-order valence-electron chi connectivity index (χ3n) is 3.42. The Morgan fingerprint density at radius 1 is 1.47 bits per heavy atom. The third kappa shape index (κ3) is 3.49. The van der Waals surface area contributed by atoms with Crippen LogP contribution in [0.15, 0.2) is 0 Å². The maximum atomic E-state index is 12.0. The van der Waals surface area contributed by atoms with Crippen LogP contribution in [0.2, 0.25) is 0 Å².